The van der Waals surface area contributed by atoms with Crippen LogP contribution in [0.25, 0.3) is 17.3 Å². The molecule has 1 N–H and O–H groups in total. The second kappa shape index (κ2) is 9.63. The molecule has 0 aliphatic rings. The highest BCUT2D eigenvalue weighted by molar-refractivity contribution is 7.14. The van der Waals surface area contributed by atoms with E-state index in [-0.39, 0.29) is 5.91 Å². The van der Waals surface area contributed by atoms with Crippen LogP contribution in [0.3, 0.4) is 0 Å². The molecule has 3 aromatic rings. The normalized spacial score (nSPS) is 11.1. The second-order valence-corrected chi connectivity index (χ2v) is 7.76. The molecule has 0 atom stereocenters. The van der Waals surface area contributed by atoms with Gasteiger partial charge in [-0.2, -0.15) is 0 Å². The number of hydrogen-bond acceptors (Lipinski definition) is 5. The van der Waals surface area contributed by atoms with E-state index in [0.717, 1.165) is 29.8 Å². The zero-order valence-electron chi connectivity index (χ0n) is 18.0. The van der Waals surface area contributed by atoms with Gasteiger partial charge in [0, 0.05) is 40.5 Å². The summed E-state index contributed by atoms with van der Waals surface area (Å²) in [5.74, 6) is 1.11. The van der Waals surface area contributed by atoms with Crippen molar-refractivity contribution in [2.24, 2.45) is 0 Å². The molecule has 6 nitrogen and oxygen atoms in total. The standard InChI is InChI=1S/C23H27N3O3S/c1-6-11-26-15(2)12-19(16(26)3)20-14-30-23(24-20)25-22(27)10-7-17-13-18(28-4)8-9-21(17)29-5/h7-10,12-14H,6,11H2,1-5H3,(H,24,25,27)/b10-7+. The van der Waals surface area contributed by atoms with Crippen LogP contribution in [0.15, 0.2) is 35.7 Å². The number of nitrogens with one attached hydrogen (secondary N) is 1. The average Bonchev–Trinajstić information content (AvgIpc) is 3.31. The molecule has 30 heavy (non-hydrogen) atoms. The number of carbonyl (C=O) groups excluding carboxylic acids is 1. The van der Waals surface area contributed by atoms with E-state index in [1.54, 1.807) is 26.4 Å². The van der Waals surface area contributed by atoms with E-state index in [9.17, 15) is 4.79 Å². The Morgan fingerprint density at radius 3 is 2.73 bits per heavy atom. The Morgan fingerprint density at radius 2 is 2.03 bits per heavy atom. The van der Waals surface area contributed by atoms with Crippen molar-refractivity contribution >= 4 is 28.5 Å². The third-order valence-electron chi connectivity index (χ3n) is 4.88. The number of rotatable bonds is 8. The van der Waals surface area contributed by atoms with E-state index in [1.807, 2.05) is 17.5 Å². The van der Waals surface area contributed by atoms with Gasteiger partial charge in [-0.25, -0.2) is 4.98 Å². The van der Waals surface area contributed by atoms with Gasteiger partial charge in [-0.3, -0.25) is 10.1 Å². The topological polar surface area (TPSA) is 65.4 Å². The summed E-state index contributed by atoms with van der Waals surface area (Å²) >= 11 is 1.41. The largest absolute Gasteiger partial charge is 0.497 e. The number of aromatic nitrogens is 2. The Balaban J connectivity index is 1.73. The highest BCUT2D eigenvalue weighted by Crippen LogP contribution is 2.30. The van der Waals surface area contributed by atoms with E-state index in [4.69, 9.17) is 9.47 Å². The molecule has 1 aromatic carbocycles. The molecule has 0 aliphatic heterocycles. The third kappa shape index (κ3) is 4.74. The van der Waals surface area contributed by atoms with Crippen molar-refractivity contribution in [3.8, 4) is 22.8 Å². The van der Waals surface area contributed by atoms with Crippen LogP contribution < -0.4 is 14.8 Å². The number of methoxy groups -OCH3 is 2. The van der Waals surface area contributed by atoms with Gasteiger partial charge in [0.25, 0.3) is 0 Å². The highest BCUT2D eigenvalue weighted by atomic mass is 32.1. The molecule has 0 fully saturated rings. The van der Waals surface area contributed by atoms with E-state index >= 15 is 0 Å². The molecule has 7 heteroatoms. The quantitative estimate of drug-likeness (QED) is 0.497. The maximum Gasteiger partial charge on any atom is 0.250 e. The van der Waals surface area contributed by atoms with Gasteiger partial charge in [0.2, 0.25) is 5.91 Å². The summed E-state index contributed by atoms with van der Waals surface area (Å²) in [6, 6.07) is 7.58. The van der Waals surface area contributed by atoms with Crippen molar-refractivity contribution in [3.63, 3.8) is 0 Å². The van der Waals surface area contributed by atoms with Crippen LogP contribution >= 0.6 is 11.3 Å². The molecule has 0 spiro atoms. The zero-order chi connectivity index (χ0) is 21.7. The summed E-state index contributed by atoms with van der Waals surface area (Å²) in [4.78, 5) is 17.0. The first-order chi connectivity index (χ1) is 14.5. The molecular formula is C23H27N3O3S. The van der Waals surface area contributed by atoms with Crippen LogP contribution in [0.1, 0.15) is 30.3 Å². The van der Waals surface area contributed by atoms with Crippen molar-refractivity contribution in [1.29, 1.82) is 0 Å². The number of aryl methyl sites for hydroxylation is 1. The number of carbonyl (C=O) groups is 1. The molecule has 0 radical (unpaired) electrons. The molecule has 1 amide bonds. The molecule has 0 aliphatic carbocycles. The number of hydrogen-bond donors (Lipinski definition) is 1. The van der Waals surface area contributed by atoms with Gasteiger partial charge in [-0.1, -0.05) is 6.92 Å². The van der Waals surface area contributed by atoms with E-state index in [1.165, 1.54) is 28.8 Å². The summed E-state index contributed by atoms with van der Waals surface area (Å²) in [7, 11) is 3.19. The first kappa shape index (κ1) is 21.6. The molecule has 3 rings (SSSR count). The van der Waals surface area contributed by atoms with Crippen molar-refractivity contribution < 1.29 is 14.3 Å². The number of thiazole rings is 1. The first-order valence-corrected chi connectivity index (χ1v) is 10.7. The summed E-state index contributed by atoms with van der Waals surface area (Å²) in [5.41, 5.74) is 5.16. The Morgan fingerprint density at radius 1 is 1.23 bits per heavy atom. The third-order valence-corrected chi connectivity index (χ3v) is 5.64. The lowest BCUT2D eigenvalue weighted by Gasteiger charge is -2.07. The fraction of sp³-hybridized carbons (Fsp3) is 0.304. The molecule has 0 saturated heterocycles. The summed E-state index contributed by atoms with van der Waals surface area (Å²) < 4.78 is 12.9. The Kier molecular flexibility index (Phi) is 6.95. The van der Waals surface area contributed by atoms with Crippen LogP contribution in [0.4, 0.5) is 5.13 Å². The van der Waals surface area contributed by atoms with Gasteiger partial charge >= 0.3 is 0 Å². The number of benzene rings is 1. The minimum atomic E-state index is -0.253. The van der Waals surface area contributed by atoms with Crippen molar-refractivity contribution in [1.82, 2.24) is 9.55 Å². The molecule has 2 heterocycles. The monoisotopic (exact) mass is 425 g/mol. The summed E-state index contributed by atoms with van der Waals surface area (Å²) in [5, 5.41) is 5.38. The maximum absolute atomic E-state index is 12.4. The SMILES string of the molecule is CCCn1c(C)cc(-c2csc(NC(=O)/C=C/c3cc(OC)ccc3OC)n2)c1C. The Bertz CT molecular complexity index is 1070. The minimum Gasteiger partial charge on any atom is -0.497 e. The zero-order valence-corrected chi connectivity index (χ0v) is 18.8. The van der Waals surface area contributed by atoms with Crippen LogP contribution in [-0.4, -0.2) is 29.7 Å². The Labute approximate surface area is 181 Å². The van der Waals surface area contributed by atoms with Gasteiger partial charge in [0.15, 0.2) is 5.13 Å². The smallest absolute Gasteiger partial charge is 0.250 e. The van der Waals surface area contributed by atoms with Gasteiger partial charge in [0.1, 0.15) is 11.5 Å². The van der Waals surface area contributed by atoms with E-state index < -0.39 is 0 Å². The highest BCUT2D eigenvalue weighted by Gasteiger charge is 2.14. The number of anilines is 1. The molecule has 158 valence electrons. The summed E-state index contributed by atoms with van der Waals surface area (Å²) in [6.45, 7) is 7.38. The Hall–Kier alpha value is -3.06. The van der Waals surface area contributed by atoms with Crippen molar-refractivity contribution in [3.05, 3.63) is 52.7 Å². The minimum absolute atomic E-state index is 0.253. The van der Waals surface area contributed by atoms with E-state index in [2.05, 4.69) is 41.7 Å². The molecular weight excluding hydrogens is 398 g/mol. The van der Waals surface area contributed by atoms with Crippen LogP contribution in [-0.2, 0) is 11.3 Å². The first-order valence-electron chi connectivity index (χ1n) is 9.80. The molecule has 0 unspecified atom stereocenters. The molecule has 0 bridgehead atoms. The number of ether oxygens (including phenoxy) is 2. The average molecular weight is 426 g/mol. The molecule has 2 aromatic heterocycles. The fourth-order valence-electron chi connectivity index (χ4n) is 3.37. The lowest BCUT2D eigenvalue weighted by atomic mass is 10.1. The van der Waals surface area contributed by atoms with Crippen LogP contribution in [0, 0.1) is 13.8 Å². The predicted molar refractivity (Wildman–Crippen MR) is 123 cm³/mol. The van der Waals surface area contributed by atoms with Crippen LogP contribution in [0.2, 0.25) is 0 Å². The van der Waals surface area contributed by atoms with Gasteiger partial charge < -0.3 is 14.0 Å². The lowest BCUT2D eigenvalue weighted by Crippen LogP contribution is -2.07. The van der Waals surface area contributed by atoms with E-state index in [0.29, 0.717) is 16.6 Å². The fourth-order valence-corrected chi connectivity index (χ4v) is 4.08. The number of nitrogens with zero attached hydrogens (tertiary/aromatic N) is 2. The second-order valence-electron chi connectivity index (χ2n) is 6.90. The maximum atomic E-state index is 12.4. The van der Waals surface area contributed by atoms with Crippen molar-refractivity contribution in [2.45, 2.75) is 33.7 Å². The molecule has 0 saturated carbocycles. The van der Waals surface area contributed by atoms with Crippen LogP contribution in [0.5, 0.6) is 11.5 Å². The number of amides is 1. The van der Waals surface area contributed by atoms with Gasteiger partial charge in [-0.05, 0) is 50.6 Å². The predicted octanol–water partition coefficient (Wildman–Crippen LogP) is 5.31. The van der Waals surface area contributed by atoms with Crippen molar-refractivity contribution in [2.75, 3.05) is 19.5 Å². The lowest BCUT2D eigenvalue weighted by molar-refractivity contribution is -0.111. The van der Waals surface area contributed by atoms with Gasteiger partial charge in [0.05, 0.1) is 19.9 Å². The summed E-state index contributed by atoms with van der Waals surface area (Å²) in [6.07, 6.45) is 4.24. The van der Waals surface area contributed by atoms with Gasteiger partial charge in [-0.15, -0.1) is 11.3 Å².